The average Bonchev–Trinajstić information content (AvgIpc) is 3.41. The molecule has 0 N–H and O–H groups in total. The van der Waals surface area contributed by atoms with Crippen LogP contribution >= 0.6 is 0 Å². The zero-order valence-corrected chi connectivity index (χ0v) is 18.0. The van der Waals surface area contributed by atoms with E-state index in [2.05, 4.69) is 10.2 Å². The molecule has 3 aromatic heterocycles. The van der Waals surface area contributed by atoms with Crippen molar-refractivity contribution in [2.75, 3.05) is 0 Å². The Kier molecular flexibility index (Phi) is 4.21. The summed E-state index contributed by atoms with van der Waals surface area (Å²) in [6.07, 6.45) is 3.89. The first-order chi connectivity index (χ1) is 15.8. The van der Waals surface area contributed by atoms with Crippen molar-refractivity contribution in [2.24, 2.45) is 7.05 Å². The first kappa shape index (κ1) is 20.0. The maximum Gasteiger partial charge on any atom is 0.258 e. The van der Waals surface area contributed by atoms with E-state index in [9.17, 15) is 18.0 Å². The number of rotatable bonds is 2. The number of carbonyl (C=O) groups is 1. The van der Waals surface area contributed by atoms with Gasteiger partial charge in [-0.2, -0.15) is 10.2 Å². The molecule has 33 heavy (non-hydrogen) atoms. The van der Waals surface area contributed by atoms with E-state index in [0.717, 1.165) is 41.7 Å². The molecule has 6 rings (SSSR count). The third kappa shape index (κ3) is 2.77. The molecular weight excluding hydrogens is 431 g/mol. The van der Waals surface area contributed by atoms with Gasteiger partial charge < -0.3 is 4.90 Å². The second-order valence-electron chi connectivity index (χ2n) is 8.74. The van der Waals surface area contributed by atoms with E-state index in [1.165, 1.54) is 0 Å². The van der Waals surface area contributed by atoms with Crippen molar-refractivity contribution in [1.29, 1.82) is 0 Å². The number of fused-ring (bicyclic) bond motifs is 5. The van der Waals surface area contributed by atoms with Crippen LogP contribution in [0.1, 0.15) is 46.2 Å². The van der Waals surface area contributed by atoms with Gasteiger partial charge in [0.2, 0.25) is 0 Å². The summed E-state index contributed by atoms with van der Waals surface area (Å²) in [5, 5.41) is 9.12. The zero-order chi connectivity index (χ0) is 23.0. The lowest BCUT2D eigenvalue weighted by molar-refractivity contribution is 0.0644. The van der Waals surface area contributed by atoms with Crippen molar-refractivity contribution < 1.29 is 18.0 Å². The maximum atomic E-state index is 13.9. The topological polar surface area (TPSA) is 55.4 Å². The van der Waals surface area contributed by atoms with Crippen molar-refractivity contribution >= 4 is 11.4 Å². The first-order valence-electron chi connectivity index (χ1n) is 10.8. The molecule has 2 aliphatic heterocycles. The highest BCUT2D eigenvalue weighted by atomic mass is 19.2. The first-order valence-corrected chi connectivity index (χ1v) is 10.8. The third-order valence-corrected chi connectivity index (χ3v) is 6.85. The molecule has 1 amide bonds. The van der Waals surface area contributed by atoms with Crippen LogP contribution in [-0.2, 0) is 13.5 Å². The van der Waals surface area contributed by atoms with E-state index < -0.39 is 17.5 Å². The highest BCUT2D eigenvalue weighted by Crippen LogP contribution is 2.47. The summed E-state index contributed by atoms with van der Waals surface area (Å²) >= 11 is 0. The van der Waals surface area contributed by atoms with E-state index in [1.807, 2.05) is 36.2 Å². The number of hydrogen-bond donors (Lipinski definition) is 0. The Morgan fingerprint density at radius 2 is 1.85 bits per heavy atom. The number of hydrogen-bond acceptors (Lipinski definition) is 3. The minimum atomic E-state index is -1.49. The number of benzene rings is 1. The van der Waals surface area contributed by atoms with Gasteiger partial charge in [0.25, 0.3) is 5.91 Å². The minimum absolute atomic E-state index is 0.0637. The Balaban J connectivity index is 1.44. The highest BCUT2D eigenvalue weighted by molar-refractivity contribution is 6.02. The second kappa shape index (κ2) is 6.94. The van der Waals surface area contributed by atoms with Crippen LogP contribution < -0.4 is 0 Å². The molecule has 4 aromatic rings. The van der Waals surface area contributed by atoms with Crippen LogP contribution in [0.4, 0.5) is 13.2 Å². The van der Waals surface area contributed by atoms with Gasteiger partial charge in [0.1, 0.15) is 0 Å². The number of amides is 1. The molecule has 9 heteroatoms. The molecule has 0 aliphatic carbocycles. The molecule has 0 radical (unpaired) electrons. The largest absolute Gasteiger partial charge is 0.327 e. The molecule has 0 saturated carbocycles. The molecule has 2 atom stereocenters. The lowest BCUT2D eigenvalue weighted by Gasteiger charge is -2.34. The highest BCUT2D eigenvalue weighted by Gasteiger charge is 2.46. The average molecular weight is 451 g/mol. The third-order valence-electron chi connectivity index (χ3n) is 6.85. The fraction of sp³-hybridized carbons (Fsp3) is 0.292. The van der Waals surface area contributed by atoms with Crippen LogP contribution in [0, 0.1) is 24.4 Å². The fourth-order valence-electron chi connectivity index (χ4n) is 5.52. The Hall–Kier alpha value is -3.62. The van der Waals surface area contributed by atoms with E-state index in [4.69, 9.17) is 0 Å². The molecule has 1 aromatic carbocycles. The van der Waals surface area contributed by atoms with Crippen LogP contribution in [0.5, 0.6) is 0 Å². The van der Waals surface area contributed by atoms with Gasteiger partial charge in [0.15, 0.2) is 17.5 Å². The van der Waals surface area contributed by atoms with Crippen LogP contribution in [0.2, 0.25) is 0 Å². The Morgan fingerprint density at radius 3 is 2.61 bits per heavy atom. The molecule has 2 bridgehead atoms. The summed E-state index contributed by atoms with van der Waals surface area (Å²) in [4.78, 5) is 15.6. The molecule has 0 unspecified atom stereocenters. The smallest absolute Gasteiger partial charge is 0.258 e. The SMILES string of the molecule is Cc1nn2ccccc2c1C(=O)N1[C@@H]2CC[C@H]1c1nn(C)c(-c3cc(F)c(F)c(F)c3)c1C2. The summed E-state index contributed by atoms with van der Waals surface area (Å²) in [6.45, 7) is 1.83. The van der Waals surface area contributed by atoms with Gasteiger partial charge in [-0.05, 0) is 50.5 Å². The Morgan fingerprint density at radius 1 is 1.09 bits per heavy atom. The molecule has 1 saturated heterocycles. The number of aryl methyl sites for hydroxylation is 2. The van der Waals surface area contributed by atoms with Gasteiger partial charge in [-0.15, -0.1) is 0 Å². The summed E-state index contributed by atoms with van der Waals surface area (Å²) in [7, 11) is 1.70. The standard InChI is InChI=1S/C24H20F3N5O/c1-12-20(18-5-3-4-8-31(18)28-12)24(33)32-14-6-7-19(32)22-15(11-14)23(30(2)29-22)13-9-16(25)21(27)17(26)10-13/h3-5,8-10,14,19H,6-7,11H2,1-2H3/t14-,19+/m1/s1. The number of aromatic nitrogens is 4. The van der Waals surface area contributed by atoms with Crippen LogP contribution in [0.3, 0.4) is 0 Å². The van der Waals surface area contributed by atoms with E-state index in [0.29, 0.717) is 23.4 Å². The Bertz CT molecular complexity index is 1430. The number of halogens is 3. The van der Waals surface area contributed by atoms with E-state index >= 15 is 0 Å². The number of nitrogens with zero attached hydrogens (tertiary/aromatic N) is 5. The van der Waals surface area contributed by atoms with Crippen LogP contribution in [0.25, 0.3) is 16.8 Å². The predicted molar refractivity (Wildman–Crippen MR) is 114 cm³/mol. The second-order valence-corrected chi connectivity index (χ2v) is 8.74. The van der Waals surface area contributed by atoms with Crippen LogP contribution in [-0.4, -0.2) is 36.2 Å². The normalized spacial score (nSPS) is 19.4. The molecule has 2 aliphatic rings. The number of carbonyl (C=O) groups excluding carboxylic acids is 1. The monoisotopic (exact) mass is 451 g/mol. The molecule has 6 nitrogen and oxygen atoms in total. The quantitative estimate of drug-likeness (QED) is 0.426. The molecule has 0 spiro atoms. The van der Waals surface area contributed by atoms with Gasteiger partial charge in [-0.1, -0.05) is 6.07 Å². The van der Waals surface area contributed by atoms with Crippen LogP contribution in [0.15, 0.2) is 36.5 Å². The number of pyridine rings is 1. The fourth-order valence-corrected chi connectivity index (χ4v) is 5.52. The summed E-state index contributed by atoms with van der Waals surface area (Å²) in [5.41, 5.74) is 4.37. The van der Waals surface area contributed by atoms with Gasteiger partial charge in [0.05, 0.1) is 34.2 Å². The van der Waals surface area contributed by atoms with Gasteiger partial charge in [-0.3, -0.25) is 9.48 Å². The van der Waals surface area contributed by atoms with Gasteiger partial charge in [0, 0.05) is 30.4 Å². The van der Waals surface area contributed by atoms with Crippen molar-refractivity contribution in [3.63, 3.8) is 0 Å². The van der Waals surface area contributed by atoms with E-state index in [-0.39, 0.29) is 23.6 Å². The maximum absolute atomic E-state index is 13.9. The lowest BCUT2D eigenvalue weighted by Crippen LogP contribution is -2.42. The van der Waals surface area contributed by atoms with Gasteiger partial charge >= 0.3 is 0 Å². The minimum Gasteiger partial charge on any atom is -0.327 e. The molecule has 168 valence electrons. The predicted octanol–water partition coefficient (Wildman–Crippen LogP) is 4.36. The van der Waals surface area contributed by atoms with Crippen molar-refractivity contribution in [3.05, 3.63) is 76.5 Å². The van der Waals surface area contributed by atoms with E-state index in [1.54, 1.807) is 16.2 Å². The van der Waals surface area contributed by atoms with Crippen molar-refractivity contribution in [1.82, 2.24) is 24.3 Å². The Labute approximate surface area is 187 Å². The summed E-state index contributed by atoms with van der Waals surface area (Å²) in [5.74, 6) is -4.05. The summed E-state index contributed by atoms with van der Waals surface area (Å²) < 4.78 is 44.7. The molecular formula is C24H20F3N5O. The molecule has 1 fully saturated rings. The lowest BCUT2D eigenvalue weighted by atomic mass is 9.94. The summed E-state index contributed by atoms with van der Waals surface area (Å²) in [6, 6.07) is 7.31. The van der Waals surface area contributed by atoms with Gasteiger partial charge in [-0.25, -0.2) is 17.7 Å². The van der Waals surface area contributed by atoms with Crippen molar-refractivity contribution in [2.45, 2.75) is 38.3 Å². The van der Waals surface area contributed by atoms with Crippen molar-refractivity contribution in [3.8, 4) is 11.3 Å². The molecule has 5 heterocycles. The zero-order valence-electron chi connectivity index (χ0n) is 18.0.